The van der Waals surface area contributed by atoms with E-state index in [0.29, 0.717) is 17.9 Å². The van der Waals surface area contributed by atoms with E-state index in [-0.39, 0.29) is 6.03 Å². The number of amides is 2. The van der Waals surface area contributed by atoms with Crippen molar-refractivity contribution in [3.8, 4) is 0 Å². The van der Waals surface area contributed by atoms with Gasteiger partial charge in [0.1, 0.15) is 0 Å². The highest BCUT2D eigenvalue weighted by molar-refractivity contribution is 5.89. The number of rotatable bonds is 5. The summed E-state index contributed by atoms with van der Waals surface area (Å²) in [7, 11) is 0. The van der Waals surface area contributed by atoms with Crippen molar-refractivity contribution in [1.82, 2.24) is 10.2 Å². The SMILES string of the molecule is O=C(Nc1ccccc1)N1CCC(CNC2CC2c2ccccc2)CC1. The molecule has 1 aliphatic carbocycles. The van der Waals surface area contributed by atoms with Crippen LogP contribution in [0.3, 0.4) is 0 Å². The largest absolute Gasteiger partial charge is 0.325 e. The number of para-hydroxylation sites is 1. The molecule has 4 rings (SSSR count). The van der Waals surface area contributed by atoms with E-state index in [1.165, 1.54) is 12.0 Å². The molecule has 0 radical (unpaired) electrons. The van der Waals surface area contributed by atoms with Crippen LogP contribution in [0.5, 0.6) is 0 Å². The van der Waals surface area contributed by atoms with Crippen LogP contribution in [0.15, 0.2) is 60.7 Å². The number of piperidine rings is 1. The third-order valence-electron chi connectivity index (χ3n) is 5.61. The highest BCUT2D eigenvalue weighted by Crippen LogP contribution is 2.40. The third kappa shape index (κ3) is 4.25. The molecule has 2 aliphatic rings. The minimum absolute atomic E-state index is 0.0222. The van der Waals surface area contributed by atoms with Crippen molar-refractivity contribution < 1.29 is 4.79 Å². The minimum Gasteiger partial charge on any atom is -0.325 e. The maximum absolute atomic E-state index is 12.3. The number of hydrogen-bond donors (Lipinski definition) is 2. The smallest absolute Gasteiger partial charge is 0.321 e. The number of nitrogens with zero attached hydrogens (tertiary/aromatic N) is 1. The molecule has 1 saturated heterocycles. The summed E-state index contributed by atoms with van der Waals surface area (Å²) in [6, 6.07) is 21.1. The van der Waals surface area contributed by atoms with Crippen LogP contribution < -0.4 is 10.6 Å². The van der Waals surface area contributed by atoms with Crippen molar-refractivity contribution in [1.29, 1.82) is 0 Å². The van der Waals surface area contributed by atoms with Crippen LogP contribution >= 0.6 is 0 Å². The molecule has 26 heavy (non-hydrogen) atoms. The summed E-state index contributed by atoms with van der Waals surface area (Å²) in [6.45, 7) is 2.76. The monoisotopic (exact) mass is 349 g/mol. The molecule has 2 aromatic carbocycles. The molecular formula is C22H27N3O. The molecule has 2 aromatic rings. The Balaban J connectivity index is 1.17. The molecule has 2 N–H and O–H groups in total. The van der Waals surface area contributed by atoms with Crippen molar-refractivity contribution in [3.05, 3.63) is 66.2 Å². The second-order valence-corrected chi connectivity index (χ2v) is 7.49. The standard InChI is InChI=1S/C22H27N3O/c26-22(24-19-9-5-2-6-10-19)25-13-11-17(12-14-25)16-23-21-15-20(21)18-7-3-1-4-8-18/h1-10,17,20-21,23H,11-16H2,(H,24,26). The van der Waals surface area contributed by atoms with Gasteiger partial charge in [0.25, 0.3) is 0 Å². The molecule has 0 spiro atoms. The number of nitrogens with one attached hydrogen (secondary N) is 2. The van der Waals surface area contributed by atoms with Gasteiger partial charge < -0.3 is 15.5 Å². The number of urea groups is 1. The first-order valence-corrected chi connectivity index (χ1v) is 9.69. The van der Waals surface area contributed by atoms with Gasteiger partial charge in [-0.05, 0) is 49.4 Å². The zero-order valence-corrected chi connectivity index (χ0v) is 15.1. The van der Waals surface area contributed by atoms with E-state index >= 15 is 0 Å². The van der Waals surface area contributed by atoms with Gasteiger partial charge in [-0.3, -0.25) is 0 Å². The first kappa shape index (κ1) is 17.1. The summed E-state index contributed by atoms with van der Waals surface area (Å²) in [6.07, 6.45) is 3.41. The topological polar surface area (TPSA) is 44.4 Å². The van der Waals surface area contributed by atoms with Gasteiger partial charge in [-0.15, -0.1) is 0 Å². The van der Waals surface area contributed by atoms with E-state index in [2.05, 4.69) is 41.0 Å². The molecule has 2 unspecified atom stereocenters. The van der Waals surface area contributed by atoms with Crippen molar-refractivity contribution in [2.45, 2.75) is 31.2 Å². The van der Waals surface area contributed by atoms with Gasteiger partial charge >= 0.3 is 6.03 Å². The molecule has 0 aromatic heterocycles. The van der Waals surface area contributed by atoms with Gasteiger partial charge in [-0.2, -0.15) is 0 Å². The second-order valence-electron chi connectivity index (χ2n) is 7.49. The number of likely N-dealkylation sites (tertiary alicyclic amines) is 1. The number of hydrogen-bond acceptors (Lipinski definition) is 2. The van der Waals surface area contributed by atoms with E-state index in [0.717, 1.165) is 38.2 Å². The maximum atomic E-state index is 12.3. The van der Waals surface area contributed by atoms with Crippen molar-refractivity contribution >= 4 is 11.7 Å². The molecule has 1 heterocycles. The van der Waals surface area contributed by atoms with Crippen LogP contribution in [-0.4, -0.2) is 36.6 Å². The van der Waals surface area contributed by atoms with Gasteiger partial charge in [0.15, 0.2) is 0 Å². The zero-order chi connectivity index (χ0) is 17.8. The summed E-state index contributed by atoms with van der Waals surface area (Å²) < 4.78 is 0. The van der Waals surface area contributed by atoms with E-state index < -0.39 is 0 Å². The van der Waals surface area contributed by atoms with Gasteiger partial charge in [-0.25, -0.2) is 4.79 Å². The maximum Gasteiger partial charge on any atom is 0.321 e. The zero-order valence-electron chi connectivity index (χ0n) is 15.1. The lowest BCUT2D eigenvalue weighted by molar-refractivity contribution is 0.181. The summed E-state index contributed by atoms with van der Waals surface area (Å²) in [5, 5.41) is 6.72. The average molecular weight is 349 g/mol. The Morgan fingerprint density at radius 1 is 0.962 bits per heavy atom. The Hall–Kier alpha value is -2.33. The van der Waals surface area contributed by atoms with Crippen LogP contribution in [0.1, 0.15) is 30.7 Å². The summed E-state index contributed by atoms with van der Waals surface area (Å²) in [4.78, 5) is 14.3. The molecule has 4 heteroatoms. The number of carbonyl (C=O) groups excluding carboxylic acids is 1. The van der Waals surface area contributed by atoms with Crippen molar-refractivity contribution in [2.24, 2.45) is 5.92 Å². The Labute approximate surface area is 155 Å². The quantitative estimate of drug-likeness (QED) is 0.854. The Kier molecular flexibility index (Phi) is 5.21. The van der Waals surface area contributed by atoms with Gasteiger partial charge in [0, 0.05) is 30.7 Å². The van der Waals surface area contributed by atoms with Crippen LogP contribution in [0.4, 0.5) is 10.5 Å². The van der Waals surface area contributed by atoms with Gasteiger partial charge in [-0.1, -0.05) is 48.5 Å². The fraction of sp³-hybridized carbons (Fsp3) is 0.409. The lowest BCUT2D eigenvalue weighted by atomic mass is 9.97. The molecule has 1 aliphatic heterocycles. The van der Waals surface area contributed by atoms with Gasteiger partial charge in [0.05, 0.1) is 0 Å². The highest BCUT2D eigenvalue weighted by Gasteiger charge is 2.38. The number of carbonyl (C=O) groups is 1. The van der Waals surface area contributed by atoms with Crippen LogP contribution in [-0.2, 0) is 0 Å². The third-order valence-corrected chi connectivity index (χ3v) is 5.61. The summed E-state index contributed by atoms with van der Waals surface area (Å²) in [5.41, 5.74) is 2.32. The minimum atomic E-state index is 0.0222. The molecular weight excluding hydrogens is 322 g/mol. The Bertz CT molecular complexity index is 711. The first-order valence-electron chi connectivity index (χ1n) is 9.69. The molecule has 2 atom stereocenters. The fourth-order valence-corrected chi connectivity index (χ4v) is 3.87. The highest BCUT2D eigenvalue weighted by atomic mass is 16.2. The molecule has 2 amide bonds. The molecule has 2 fully saturated rings. The number of benzene rings is 2. The Morgan fingerprint density at radius 2 is 1.62 bits per heavy atom. The predicted octanol–water partition coefficient (Wildman–Crippen LogP) is 4.08. The molecule has 0 bridgehead atoms. The second kappa shape index (κ2) is 7.92. The predicted molar refractivity (Wildman–Crippen MR) is 105 cm³/mol. The Morgan fingerprint density at radius 3 is 2.31 bits per heavy atom. The van der Waals surface area contributed by atoms with E-state index in [4.69, 9.17) is 0 Å². The van der Waals surface area contributed by atoms with Crippen LogP contribution in [0.2, 0.25) is 0 Å². The van der Waals surface area contributed by atoms with E-state index in [1.54, 1.807) is 0 Å². The average Bonchev–Trinajstić information content (AvgIpc) is 3.48. The molecule has 136 valence electrons. The van der Waals surface area contributed by atoms with E-state index in [1.807, 2.05) is 35.2 Å². The first-order chi connectivity index (χ1) is 12.8. The lowest BCUT2D eigenvalue weighted by Gasteiger charge is -2.32. The van der Waals surface area contributed by atoms with Crippen molar-refractivity contribution in [2.75, 3.05) is 25.0 Å². The lowest BCUT2D eigenvalue weighted by Crippen LogP contribution is -2.43. The van der Waals surface area contributed by atoms with Crippen molar-refractivity contribution in [3.63, 3.8) is 0 Å². The summed E-state index contributed by atoms with van der Waals surface area (Å²) in [5.74, 6) is 1.36. The normalized spacial score (nSPS) is 22.8. The number of anilines is 1. The van der Waals surface area contributed by atoms with E-state index in [9.17, 15) is 4.79 Å². The molecule has 1 saturated carbocycles. The van der Waals surface area contributed by atoms with Gasteiger partial charge in [0.2, 0.25) is 0 Å². The fourth-order valence-electron chi connectivity index (χ4n) is 3.87. The summed E-state index contributed by atoms with van der Waals surface area (Å²) >= 11 is 0. The van der Waals surface area contributed by atoms with Crippen LogP contribution in [0.25, 0.3) is 0 Å². The molecule has 4 nitrogen and oxygen atoms in total. The van der Waals surface area contributed by atoms with Crippen LogP contribution in [0, 0.1) is 5.92 Å².